The van der Waals surface area contributed by atoms with Crippen LogP contribution in [0.3, 0.4) is 0 Å². The van der Waals surface area contributed by atoms with Crippen LogP contribution in [0, 0.1) is 11.8 Å². The summed E-state index contributed by atoms with van der Waals surface area (Å²) in [6, 6.07) is 17.8. The van der Waals surface area contributed by atoms with Crippen LogP contribution < -0.4 is 8.92 Å². The highest BCUT2D eigenvalue weighted by molar-refractivity contribution is 7.87. The summed E-state index contributed by atoms with van der Waals surface area (Å²) in [4.78, 5) is 0.121. The summed E-state index contributed by atoms with van der Waals surface area (Å²) < 4.78 is 37.6. The highest BCUT2D eigenvalue weighted by Gasteiger charge is 2.34. The van der Waals surface area contributed by atoms with Crippen molar-refractivity contribution in [2.45, 2.75) is 49.8 Å². The van der Waals surface area contributed by atoms with Crippen molar-refractivity contribution >= 4 is 10.1 Å². The minimum Gasteiger partial charge on any atom is -0.508 e. The van der Waals surface area contributed by atoms with Crippen LogP contribution in [0.1, 0.15) is 47.9 Å². The Morgan fingerprint density at radius 1 is 0.971 bits per heavy atom. The number of phenolic OH excluding ortho intramolecular Hbond substituents is 1. The van der Waals surface area contributed by atoms with E-state index in [0.29, 0.717) is 35.0 Å². The van der Waals surface area contributed by atoms with Crippen molar-refractivity contribution in [1.82, 2.24) is 0 Å². The molecular weight excluding hydrogens is 448 g/mol. The van der Waals surface area contributed by atoms with Crippen molar-refractivity contribution in [1.29, 1.82) is 0 Å². The molecule has 34 heavy (non-hydrogen) atoms. The van der Waals surface area contributed by atoms with E-state index in [9.17, 15) is 13.5 Å². The molecule has 0 saturated heterocycles. The van der Waals surface area contributed by atoms with Gasteiger partial charge >= 0.3 is 10.1 Å². The maximum Gasteiger partial charge on any atom is 0.339 e. The quantitative estimate of drug-likeness (QED) is 0.491. The molecule has 0 amide bonds. The Morgan fingerprint density at radius 2 is 1.76 bits per heavy atom. The fourth-order valence-corrected chi connectivity index (χ4v) is 6.67. The third-order valence-electron chi connectivity index (χ3n) is 7.50. The number of methoxy groups -OCH3 is 1. The Balaban J connectivity index is 1.61. The van der Waals surface area contributed by atoms with Gasteiger partial charge in [0.2, 0.25) is 0 Å². The van der Waals surface area contributed by atoms with Gasteiger partial charge in [0.15, 0.2) is 11.5 Å². The van der Waals surface area contributed by atoms with Gasteiger partial charge in [-0.25, -0.2) is 0 Å². The molecule has 1 N–H and O–H groups in total. The second-order valence-corrected chi connectivity index (χ2v) is 11.1. The summed E-state index contributed by atoms with van der Waals surface area (Å²) in [5.41, 5.74) is 4.52. The summed E-state index contributed by atoms with van der Waals surface area (Å²) in [7, 11) is -2.46. The molecule has 3 unspecified atom stereocenters. The minimum absolute atomic E-state index is 0.121. The lowest BCUT2D eigenvalue weighted by atomic mass is 9.74. The van der Waals surface area contributed by atoms with Crippen LogP contribution in [0.2, 0.25) is 0 Å². The van der Waals surface area contributed by atoms with Crippen LogP contribution in [-0.2, 0) is 29.4 Å². The number of aromatic hydroxyl groups is 1. The van der Waals surface area contributed by atoms with Crippen molar-refractivity contribution < 1.29 is 22.4 Å². The zero-order valence-corrected chi connectivity index (χ0v) is 20.3. The molecule has 0 saturated carbocycles. The van der Waals surface area contributed by atoms with Crippen molar-refractivity contribution in [3.8, 4) is 17.2 Å². The van der Waals surface area contributed by atoms with Crippen molar-refractivity contribution in [2.75, 3.05) is 7.11 Å². The second kappa shape index (κ2) is 8.99. The summed E-state index contributed by atoms with van der Waals surface area (Å²) in [6.07, 6.45) is 4.60. The molecule has 2 bridgehead atoms. The largest absolute Gasteiger partial charge is 0.508 e. The third-order valence-corrected chi connectivity index (χ3v) is 8.74. The van der Waals surface area contributed by atoms with Crippen LogP contribution in [0.4, 0.5) is 0 Å². The van der Waals surface area contributed by atoms with Gasteiger partial charge in [-0.15, -0.1) is 0 Å². The van der Waals surface area contributed by atoms with E-state index in [-0.39, 0.29) is 4.90 Å². The van der Waals surface area contributed by atoms with E-state index < -0.39 is 10.1 Å². The Hall–Kier alpha value is -2.99. The van der Waals surface area contributed by atoms with E-state index in [1.165, 1.54) is 23.3 Å². The van der Waals surface area contributed by atoms with Gasteiger partial charge < -0.3 is 14.0 Å². The van der Waals surface area contributed by atoms with Crippen LogP contribution in [0.15, 0.2) is 65.6 Å². The van der Waals surface area contributed by atoms with E-state index in [4.69, 9.17) is 8.92 Å². The van der Waals surface area contributed by atoms with Crippen LogP contribution in [0.5, 0.6) is 17.2 Å². The highest BCUT2D eigenvalue weighted by Crippen LogP contribution is 2.46. The van der Waals surface area contributed by atoms with E-state index >= 15 is 0 Å². The number of fused-ring (bicyclic) bond motifs is 5. The number of benzene rings is 3. The zero-order chi connectivity index (χ0) is 23.9. The molecule has 0 aromatic heterocycles. The molecule has 0 heterocycles. The summed E-state index contributed by atoms with van der Waals surface area (Å²) in [5.74, 6) is 2.19. The van der Waals surface area contributed by atoms with Crippen LogP contribution in [-0.4, -0.2) is 20.6 Å². The average molecular weight is 479 g/mol. The Labute approximate surface area is 201 Å². The number of ether oxygens (including phenoxy) is 1. The van der Waals surface area contributed by atoms with Gasteiger partial charge in [0.25, 0.3) is 0 Å². The van der Waals surface area contributed by atoms with Crippen molar-refractivity contribution in [3.05, 3.63) is 82.9 Å². The third kappa shape index (κ3) is 4.27. The normalized spacial score (nSPS) is 21.9. The monoisotopic (exact) mass is 478 g/mol. The molecule has 0 aliphatic heterocycles. The Kier molecular flexibility index (Phi) is 6.02. The minimum atomic E-state index is -4.00. The Bertz CT molecular complexity index is 1300. The standard InChI is InChI=1S/C28H30O5S/c1-18-14-26-20(16-22-15-19(18)8-9-21-17-23(29)11-12-25(21)22)10-13-27(32-2)28(26)33-34(30,31)24-6-4-3-5-7-24/h3-7,10-13,17-19,22,29H,8-9,14-16H2,1-2H3. The zero-order valence-electron chi connectivity index (χ0n) is 19.5. The van der Waals surface area contributed by atoms with Gasteiger partial charge in [-0.2, -0.15) is 8.42 Å². The van der Waals surface area contributed by atoms with Gasteiger partial charge in [0, 0.05) is 5.56 Å². The number of aryl methyl sites for hydroxylation is 1. The first-order chi connectivity index (χ1) is 16.4. The van der Waals surface area contributed by atoms with Crippen LogP contribution >= 0.6 is 0 Å². The molecule has 0 radical (unpaired) electrons. The summed E-state index contributed by atoms with van der Waals surface area (Å²) in [5, 5.41) is 10.1. The first-order valence-corrected chi connectivity index (χ1v) is 13.3. The van der Waals surface area contributed by atoms with E-state index in [1.807, 2.05) is 18.2 Å². The molecule has 2 aliphatic carbocycles. The lowest BCUT2D eigenvalue weighted by Gasteiger charge is -2.31. The predicted octanol–water partition coefficient (Wildman–Crippen LogP) is 5.64. The van der Waals surface area contributed by atoms with Gasteiger partial charge in [0.1, 0.15) is 10.6 Å². The lowest BCUT2D eigenvalue weighted by molar-refractivity contribution is 0.289. The maximum absolute atomic E-state index is 13.1. The van der Waals surface area contributed by atoms with E-state index in [0.717, 1.165) is 43.2 Å². The molecule has 0 fully saturated rings. The van der Waals surface area contributed by atoms with Crippen molar-refractivity contribution in [3.63, 3.8) is 0 Å². The number of phenols is 1. The first-order valence-electron chi connectivity index (χ1n) is 11.9. The number of hydrogen-bond acceptors (Lipinski definition) is 5. The topological polar surface area (TPSA) is 72.8 Å². The molecule has 3 aromatic carbocycles. The molecule has 6 heteroatoms. The summed E-state index contributed by atoms with van der Waals surface area (Å²) in [6.45, 7) is 2.25. The van der Waals surface area contributed by atoms with Gasteiger partial charge in [-0.05, 0) is 96.9 Å². The fraction of sp³-hybridized carbons (Fsp3) is 0.357. The molecule has 3 aromatic rings. The van der Waals surface area contributed by atoms with E-state index in [2.05, 4.69) is 13.0 Å². The molecule has 0 spiro atoms. The number of rotatable bonds is 4. The van der Waals surface area contributed by atoms with Gasteiger partial charge in [-0.3, -0.25) is 0 Å². The van der Waals surface area contributed by atoms with Crippen LogP contribution in [0.25, 0.3) is 0 Å². The molecule has 178 valence electrons. The highest BCUT2D eigenvalue weighted by atomic mass is 32.2. The molecule has 3 atom stereocenters. The second-order valence-electron chi connectivity index (χ2n) is 9.59. The summed E-state index contributed by atoms with van der Waals surface area (Å²) >= 11 is 0. The maximum atomic E-state index is 13.1. The van der Waals surface area contributed by atoms with E-state index in [1.54, 1.807) is 31.4 Å². The SMILES string of the molecule is COc1ccc2c(c1OS(=O)(=O)c1ccccc1)CC(C)C1CCc3cc(O)ccc3C(C2)C1. The molecule has 5 nitrogen and oxygen atoms in total. The van der Waals surface area contributed by atoms with Gasteiger partial charge in [0.05, 0.1) is 7.11 Å². The molecule has 2 aliphatic rings. The fourth-order valence-electron chi connectivity index (χ4n) is 5.68. The van der Waals surface area contributed by atoms with Gasteiger partial charge in [-0.1, -0.05) is 37.3 Å². The lowest BCUT2D eigenvalue weighted by Crippen LogP contribution is -2.22. The first kappa shape index (κ1) is 22.8. The average Bonchev–Trinajstić information content (AvgIpc) is 3.00. The smallest absolute Gasteiger partial charge is 0.339 e. The molecule has 5 rings (SSSR count). The predicted molar refractivity (Wildman–Crippen MR) is 131 cm³/mol. The Morgan fingerprint density at radius 3 is 2.53 bits per heavy atom. The number of hydrogen-bond donors (Lipinski definition) is 1. The molecular formula is C28H30O5S. The van der Waals surface area contributed by atoms with Crippen molar-refractivity contribution in [2.24, 2.45) is 11.8 Å².